The number of rotatable bonds is 3. The predicted molar refractivity (Wildman–Crippen MR) is 115 cm³/mol. The number of halogens is 2. The van der Waals surface area contributed by atoms with E-state index in [1.54, 1.807) is 18.2 Å². The second-order valence-electron chi connectivity index (χ2n) is 7.30. The Morgan fingerprint density at radius 1 is 0.967 bits per heavy atom. The third-order valence-electron chi connectivity index (χ3n) is 5.45. The lowest BCUT2D eigenvalue weighted by Crippen LogP contribution is -2.40. The number of nitrogens with zero attached hydrogens (tertiary/aromatic N) is 1. The molecule has 9 heteroatoms. The summed E-state index contributed by atoms with van der Waals surface area (Å²) in [6.07, 6.45) is 1.59. The maximum absolute atomic E-state index is 13.2. The minimum Gasteiger partial charge on any atom is -0.294 e. The SMILES string of the molecule is NS(=O)(=O)c1ccc(N2C(=O)CC(c3c(Cl)cccc3Cl)C3=C2CCCC3=O)cc1. The number of amides is 1. The van der Waals surface area contributed by atoms with E-state index in [4.69, 9.17) is 28.3 Å². The van der Waals surface area contributed by atoms with Crippen molar-refractivity contribution in [1.29, 1.82) is 0 Å². The monoisotopic (exact) mass is 464 g/mol. The first-order valence-electron chi connectivity index (χ1n) is 9.34. The van der Waals surface area contributed by atoms with Gasteiger partial charge in [-0.05, 0) is 54.8 Å². The molecule has 1 aliphatic heterocycles. The molecule has 2 aromatic carbocycles. The fourth-order valence-corrected chi connectivity index (χ4v) is 5.34. The Morgan fingerprint density at radius 2 is 1.60 bits per heavy atom. The lowest BCUT2D eigenvalue weighted by molar-refractivity contribution is -0.119. The van der Waals surface area contributed by atoms with Crippen LogP contribution >= 0.6 is 23.2 Å². The van der Waals surface area contributed by atoms with Gasteiger partial charge in [-0.25, -0.2) is 13.6 Å². The number of sulfonamides is 1. The minimum absolute atomic E-state index is 0.0316. The maximum atomic E-state index is 13.2. The summed E-state index contributed by atoms with van der Waals surface area (Å²) in [4.78, 5) is 27.6. The second-order valence-corrected chi connectivity index (χ2v) is 9.67. The molecule has 0 aromatic heterocycles. The van der Waals surface area contributed by atoms with Gasteiger partial charge < -0.3 is 0 Å². The third-order valence-corrected chi connectivity index (χ3v) is 7.04. The van der Waals surface area contributed by atoms with Crippen molar-refractivity contribution in [3.05, 3.63) is 69.3 Å². The standard InChI is InChI=1S/C21H18Cl2N2O4S/c22-15-3-1-4-16(23)20(15)14-11-19(27)25(17-5-2-6-18(26)21(14)17)12-7-9-13(10-8-12)30(24,28)29/h1,3-4,7-10,14H,2,5-6,11H2,(H2,24,28,29). The summed E-state index contributed by atoms with van der Waals surface area (Å²) in [6.45, 7) is 0. The highest BCUT2D eigenvalue weighted by atomic mass is 35.5. The van der Waals surface area contributed by atoms with E-state index < -0.39 is 15.9 Å². The molecule has 156 valence electrons. The molecule has 2 N–H and O–H groups in total. The van der Waals surface area contributed by atoms with E-state index in [0.29, 0.717) is 51.8 Å². The minimum atomic E-state index is -3.85. The normalized spacial score (nSPS) is 19.8. The van der Waals surface area contributed by atoms with Gasteiger partial charge in [-0.2, -0.15) is 0 Å². The molecule has 1 atom stereocenters. The van der Waals surface area contributed by atoms with Gasteiger partial charge in [0.05, 0.1) is 4.90 Å². The van der Waals surface area contributed by atoms with Crippen LogP contribution in [0.2, 0.25) is 10.0 Å². The first-order valence-corrected chi connectivity index (χ1v) is 11.6. The summed E-state index contributed by atoms with van der Waals surface area (Å²) >= 11 is 12.8. The molecule has 0 bridgehead atoms. The molecule has 1 amide bonds. The number of ketones is 1. The number of allylic oxidation sites excluding steroid dienone is 2. The molecule has 1 heterocycles. The summed E-state index contributed by atoms with van der Waals surface area (Å²) in [7, 11) is -3.85. The Balaban J connectivity index is 1.86. The van der Waals surface area contributed by atoms with Crippen molar-refractivity contribution < 1.29 is 18.0 Å². The highest BCUT2D eigenvalue weighted by Crippen LogP contribution is 2.46. The van der Waals surface area contributed by atoms with Crippen molar-refractivity contribution in [2.45, 2.75) is 36.5 Å². The number of benzene rings is 2. The van der Waals surface area contributed by atoms with Crippen LogP contribution in [0.5, 0.6) is 0 Å². The predicted octanol–water partition coefficient (Wildman–Crippen LogP) is 4.17. The van der Waals surface area contributed by atoms with Crippen molar-refractivity contribution in [1.82, 2.24) is 0 Å². The first-order chi connectivity index (χ1) is 14.2. The van der Waals surface area contributed by atoms with Crippen LogP contribution in [-0.4, -0.2) is 20.1 Å². The molecule has 2 aliphatic rings. The summed E-state index contributed by atoms with van der Waals surface area (Å²) < 4.78 is 23.1. The molecular formula is C21H18Cl2N2O4S. The zero-order valence-electron chi connectivity index (χ0n) is 15.8. The van der Waals surface area contributed by atoms with Gasteiger partial charge in [0.15, 0.2) is 5.78 Å². The Hall–Kier alpha value is -2.19. The fraction of sp³-hybridized carbons (Fsp3) is 0.238. The van der Waals surface area contributed by atoms with Crippen molar-refractivity contribution in [3.8, 4) is 0 Å². The highest BCUT2D eigenvalue weighted by molar-refractivity contribution is 7.89. The summed E-state index contributed by atoms with van der Waals surface area (Å²) in [5, 5.41) is 5.99. The van der Waals surface area contributed by atoms with Gasteiger partial charge in [-0.1, -0.05) is 29.3 Å². The molecule has 1 unspecified atom stereocenters. The topological polar surface area (TPSA) is 97.5 Å². The lowest BCUT2D eigenvalue weighted by atomic mass is 9.77. The van der Waals surface area contributed by atoms with Crippen LogP contribution in [0, 0.1) is 0 Å². The fourth-order valence-electron chi connectivity index (χ4n) is 4.17. The third kappa shape index (κ3) is 3.67. The zero-order chi connectivity index (χ0) is 21.6. The molecule has 0 saturated carbocycles. The van der Waals surface area contributed by atoms with Gasteiger partial charge in [-0.15, -0.1) is 0 Å². The average Bonchev–Trinajstić information content (AvgIpc) is 2.67. The van der Waals surface area contributed by atoms with E-state index in [1.807, 2.05) is 0 Å². The van der Waals surface area contributed by atoms with Gasteiger partial charge in [0.25, 0.3) is 0 Å². The Bertz CT molecular complexity index is 1170. The van der Waals surface area contributed by atoms with E-state index >= 15 is 0 Å². The maximum Gasteiger partial charge on any atom is 0.238 e. The molecule has 0 fully saturated rings. The molecule has 0 radical (unpaired) electrons. The van der Waals surface area contributed by atoms with Crippen molar-refractivity contribution in [2.75, 3.05) is 4.90 Å². The molecule has 6 nitrogen and oxygen atoms in total. The molecule has 4 rings (SSSR count). The molecule has 0 spiro atoms. The van der Waals surface area contributed by atoms with E-state index in [1.165, 1.54) is 29.2 Å². The van der Waals surface area contributed by atoms with Crippen molar-refractivity contribution in [3.63, 3.8) is 0 Å². The van der Waals surface area contributed by atoms with Crippen LogP contribution in [0.1, 0.15) is 37.2 Å². The number of Topliss-reactive ketones (excluding diaryl/α,β-unsaturated/α-hetero) is 1. The Kier molecular flexibility index (Phi) is 5.48. The number of carbonyl (C=O) groups excluding carboxylic acids is 2. The first kappa shape index (κ1) is 21.1. The van der Waals surface area contributed by atoms with Gasteiger partial charge in [0, 0.05) is 45.8 Å². The molecule has 2 aromatic rings. The van der Waals surface area contributed by atoms with Crippen molar-refractivity contribution in [2.24, 2.45) is 5.14 Å². The quantitative estimate of drug-likeness (QED) is 0.736. The van der Waals surface area contributed by atoms with Gasteiger partial charge in [0.1, 0.15) is 0 Å². The Morgan fingerprint density at radius 3 is 2.20 bits per heavy atom. The molecule has 1 aliphatic carbocycles. The number of hydrogen-bond donors (Lipinski definition) is 1. The number of hydrogen-bond acceptors (Lipinski definition) is 4. The van der Waals surface area contributed by atoms with Crippen LogP contribution in [0.25, 0.3) is 0 Å². The van der Waals surface area contributed by atoms with E-state index in [2.05, 4.69) is 0 Å². The van der Waals surface area contributed by atoms with Gasteiger partial charge in [-0.3, -0.25) is 14.5 Å². The van der Waals surface area contributed by atoms with E-state index in [0.717, 1.165) is 0 Å². The van der Waals surface area contributed by atoms with Crippen LogP contribution in [0.3, 0.4) is 0 Å². The molecule has 30 heavy (non-hydrogen) atoms. The van der Waals surface area contributed by atoms with Crippen LogP contribution in [0.4, 0.5) is 5.69 Å². The Labute approximate surface area is 184 Å². The van der Waals surface area contributed by atoms with Gasteiger partial charge >= 0.3 is 0 Å². The number of primary sulfonamides is 1. The molecule has 0 saturated heterocycles. The summed E-state index contributed by atoms with van der Waals surface area (Å²) in [6, 6.07) is 10.8. The number of nitrogens with two attached hydrogens (primary N) is 1. The largest absolute Gasteiger partial charge is 0.294 e. The van der Waals surface area contributed by atoms with Crippen LogP contribution in [-0.2, 0) is 19.6 Å². The smallest absolute Gasteiger partial charge is 0.238 e. The van der Waals surface area contributed by atoms with Gasteiger partial charge in [0.2, 0.25) is 15.9 Å². The lowest BCUT2D eigenvalue weighted by Gasteiger charge is -2.38. The number of carbonyl (C=O) groups is 2. The summed E-state index contributed by atoms with van der Waals surface area (Å²) in [5.74, 6) is -0.759. The molecular weight excluding hydrogens is 447 g/mol. The second kappa shape index (κ2) is 7.81. The van der Waals surface area contributed by atoms with Crippen LogP contribution < -0.4 is 10.0 Å². The zero-order valence-corrected chi connectivity index (χ0v) is 18.1. The highest BCUT2D eigenvalue weighted by Gasteiger charge is 2.41. The average molecular weight is 465 g/mol. The number of anilines is 1. The van der Waals surface area contributed by atoms with E-state index in [-0.39, 0.29) is 23.0 Å². The van der Waals surface area contributed by atoms with Crippen molar-refractivity contribution >= 4 is 50.6 Å². The van der Waals surface area contributed by atoms with Crippen LogP contribution in [0.15, 0.2) is 58.6 Å². The van der Waals surface area contributed by atoms with E-state index in [9.17, 15) is 18.0 Å². The summed E-state index contributed by atoms with van der Waals surface area (Å²) in [5.41, 5.74) is 2.23.